The van der Waals surface area contributed by atoms with E-state index in [1.165, 1.54) is 63.5 Å². The van der Waals surface area contributed by atoms with Crippen molar-refractivity contribution in [3.05, 3.63) is 0 Å². The lowest BCUT2D eigenvalue weighted by atomic mass is 9.84. The second-order valence-electron chi connectivity index (χ2n) is 5.42. The molecule has 1 aliphatic heterocycles. The Balaban J connectivity index is 1.78. The number of thioether (sulfide) groups is 1. The summed E-state index contributed by atoms with van der Waals surface area (Å²) in [5.74, 6) is 8.04. The third-order valence-corrected chi connectivity index (χ3v) is 5.71. The van der Waals surface area contributed by atoms with E-state index < -0.39 is 0 Å². The Morgan fingerprint density at radius 3 is 2.44 bits per heavy atom. The number of nitrogens with one attached hydrogen (secondary N) is 1. The van der Waals surface area contributed by atoms with Crippen LogP contribution in [0.3, 0.4) is 0 Å². The van der Waals surface area contributed by atoms with Gasteiger partial charge in [0.05, 0.1) is 0 Å². The Morgan fingerprint density at radius 1 is 1.06 bits per heavy atom. The van der Waals surface area contributed by atoms with Crippen LogP contribution in [-0.2, 0) is 0 Å². The quantitative estimate of drug-likeness (QED) is 0.588. The topological polar surface area (TPSA) is 38.0 Å². The van der Waals surface area contributed by atoms with E-state index in [9.17, 15) is 0 Å². The minimum absolute atomic E-state index is 0.563. The minimum Gasteiger partial charge on any atom is -0.271 e. The molecule has 16 heavy (non-hydrogen) atoms. The SMILES string of the molecule is NNC(CC1CCCCC1)C1CCCCS1. The van der Waals surface area contributed by atoms with Crippen LogP contribution < -0.4 is 11.3 Å². The lowest BCUT2D eigenvalue weighted by Crippen LogP contribution is -2.44. The van der Waals surface area contributed by atoms with Crippen molar-refractivity contribution in [1.29, 1.82) is 0 Å². The fourth-order valence-electron chi connectivity index (χ4n) is 3.19. The Labute approximate surface area is 104 Å². The maximum Gasteiger partial charge on any atom is 0.0332 e. The molecule has 3 N–H and O–H groups in total. The van der Waals surface area contributed by atoms with Gasteiger partial charge in [0.2, 0.25) is 0 Å². The molecule has 1 saturated carbocycles. The molecule has 1 heterocycles. The van der Waals surface area contributed by atoms with Crippen molar-refractivity contribution < 1.29 is 0 Å². The summed E-state index contributed by atoms with van der Waals surface area (Å²) >= 11 is 2.14. The zero-order valence-electron chi connectivity index (χ0n) is 10.3. The van der Waals surface area contributed by atoms with Gasteiger partial charge in [-0.3, -0.25) is 11.3 Å². The van der Waals surface area contributed by atoms with Crippen LogP contribution >= 0.6 is 11.8 Å². The zero-order chi connectivity index (χ0) is 11.2. The van der Waals surface area contributed by atoms with Crippen molar-refractivity contribution in [2.45, 2.75) is 69.1 Å². The summed E-state index contributed by atoms with van der Waals surface area (Å²) in [5.41, 5.74) is 3.10. The molecule has 3 heteroatoms. The summed E-state index contributed by atoms with van der Waals surface area (Å²) in [7, 11) is 0. The van der Waals surface area contributed by atoms with Gasteiger partial charge in [-0.25, -0.2) is 0 Å². The average molecular weight is 242 g/mol. The monoisotopic (exact) mass is 242 g/mol. The molecule has 1 aliphatic carbocycles. The molecule has 94 valence electrons. The first-order chi connectivity index (χ1) is 7.90. The van der Waals surface area contributed by atoms with Crippen LogP contribution in [0.5, 0.6) is 0 Å². The van der Waals surface area contributed by atoms with Crippen LogP contribution in [0.25, 0.3) is 0 Å². The van der Waals surface area contributed by atoms with E-state index in [2.05, 4.69) is 17.2 Å². The van der Waals surface area contributed by atoms with Gasteiger partial charge in [0.1, 0.15) is 0 Å². The molecule has 2 atom stereocenters. The highest BCUT2D eigenvalue weighted by Crippen LogP contribution is 2.33. The van der Waals surface area contributed by atoms with E-state index in [1.807, 2.05) is 0 Å². The summed E-state index contributed by atoms with van der Waals surface area (Å²) in [6.07, 6.45) is 12.7. The molecule has 0 spiro atoms. The molecular formula is C13H26N2S. The predicted molar refractivity (Wildman–Crippen MR) is 72.4 cm³/mol. The van der Waals surface area contributed by atoms with Crippen molar-refractivity contribution in [1.82, 2.24) is 5.43 Å². The highest BCUT2D eigenvalue weighted by atomic mass is 32.2. The van der Waals surface area contributed by atoms with Crippen molar-refractivity contribution in [2.75, 3.05) is 5.75 Å². The first-order valence-corrected chi connectivity index (χ1v) is 8.03. The molecule has 2 rings (SSSR count). The van der Waals surface area contributed by atoms with E-state index in [4.69, 9.17) is 5.84 Å². The summed E-state index contributed by atoms with van der Waals surface area (Å²) in [4.78, 5) is 0. The van der Waals surface area contributed by atoms with Crippen molar-refractivity contribution in [3.63, 3.8) is 0 Å². The summed E-state index contributed by atoms with van der Waals surface area (Å²) in [5, 5.41) is 0.778. The predicted octanol–water partition coefficient (Wildman–Crippen LogP) is 3.07. The van der Waals surface area contributed by atoms with Crippen molar-refractivity contribution in [3.8, 4) is 0 Å². The summed E-state index contributed by atoms with van der Waals surface area (Å²) < 4.78 is 0. The van der Waals surface area contributed by atoms with Crippen LogP contribution in [0.1, 0.15) is 57.8 Å². The maximum atomic E-state index is 5.76. The van der Waals surface area contributed by atoms with E-state index in [0.717, 1.165) is 11.2 Å². The Bertz CT molecular complexity index is 186. The molecule has 0 aromatic heterocycles. The largest absolute Gasteiger partial charge is 0.271 e. The molecule has 2 unspecified atom stereocenters. The van der Waals surface area contributed by atoms with Crippen molar-refractivity contribution >= 4 is 11.8 Å². The maximum absolute atomic E-state index is 5.76. The minimum atomic E-state index is 0.563. The second kappa shape index (κ2) is 6.87. The summed E-state index contributed by atoms with van der Waals surface area (Å²) in [6, 6.07) is 0.563. The molecule has 0 radical (unpaired) electrons. The highest BCUT2D eigenvalue weighted by molar-refractivity contribution is 8.00. The van der Waals surface area contributed by atoms with Gasteiger partial charge in [0, 0.05) is 11.3 Å². The van der Waals surface area contributed by atoms with Crippen LogP contribution in [0.2, 0.25) is 0 Å². The van der Waals surface area contributed by atoms with E-state index in [1.54, 1.807) is 0 Å². The third kappa shape index (κ3) is 3.64. The fraction of sp³-hybridized carbons (Fsp3) is 1.00. The van der Waals surface area contributed by atoms with Gasteiger partial charge in [-0.05, 0) is 30.9 Å². The van der Waals surface area contributed by atoms with Gasteiger partial charge in [-0.1, -0.05) is 38.5 Å². The van der Waals surface area contributed by atoms with Crippen LogP contribution in [0, 0.1) is 5.92 Å². The first kappa shape index (κ1) is 12.7. The average Bonchev–Trinajstić information content (AvgIpc) is 2.38. The zero-order valence-corrected chi connectivity index (χ0v) is 11.1. The van der Waals surface area contributed by atoms with Gasteiger partial charge in [0.25, 0.3) is 0 Å². The molecule has 2 fully saturated rings. The Kier molecular flexibility index (Phi) is 5.46. The highest BCUT2D eigenvalue weighted by Gasteiger charge is 2.26. The molecule has 0 aromatic carbocycles. The normalized spacial score (nSPS) is 30.2. The van der Waals surface area contributed by atoms with Gasteiger partial charge < -0.3 is 0 Å². The third-order valence-electron chi connectivity index (χ3n) is 4.19. The standard InChI is InChI=1S/C13H26N2S/c14-15-12(13-8-4-5-9-16-13)10-11-6-2-1-3-7-11/h11-13,15H,1-10,14H2. The number of hydrogen-bond donors (Lipinski definition) is 2. The van der Waals surface area contributed by atoms with E-state index in [-0.39, 0.29) is 0 Å². The lowest BCUT2D eigenvalue weighted by Gasteiger charge is -2.33. The van der Waals surface area contributed by atoms with E-state index in [0.29, 0.717) is 6.04 Å². The van der Waals surface area contributed by atoms with Crippen LogP contribution in [0.4, 0.5) is 0 Å². The molecule has 2 nitrogen and oxygen atoms in total. The van der Waals surface area contributed by atoms with Crippen molar-refractivity contribution in [2.24, 2.45) is 11.8 Å². The Morgan fingerprint density at radius 2 is 1.81 bits per heavy atom. The lowest BCUT2D eigenvalue weighted by molar-refractivity contribution is 0.291. The van der Waals surface area contributed by atoms with Gasteiger partial charge in [0.15, 0.2) is 0 Å². The second-order valence-corrected chi connectivity index (χ2v) is 6.77. The summed E-state index contributed by atoms with van der Waals surface area (Å²) in [6.45, 7) is 0. The van der Waals surface area contributed by atoms with Crippen LogP contribution in [0.15, 0.2) is 0 Å². The Hall–Kier alpha value is 0.270. The molecule has 2 aliphatic rings. The molecular weight excluding hydrogens is 216 g/mol. The fourth-order valence-corrected chi connectivity index (χ4v) is 4.62. The number of hydrazine groups is 1. The molecule has 0 aromatic rings. The number of rotatable bonds is 4. The number of hydrogen-bond acceptors (Lipinski definition) is 3. The first-order valence-electron chi connectivity index (χ1n) is 6.98. The van der Waals surface area contributed by atoms with Gasteiger partial charge in [-0.2, -0.15) is 11.8 Å². The van der Waals surface area contributed by atoms with E-state index >= 15 is 0 Å². The van der Waals surface area contributed by atoms with Gasteiger partial charge in [-0.15, -0.1) is 0 Å². The van der Waals surface area contributed by atoms with Gasteiger partial charge >= 0.3 is 0 Å². The molecule has 0 bridgehead atoms. The number of nitrogens with two attached hydrogens (primary N) is 1. The smallest absolute Gasteiger partial charge is 0.0332 e. The molecule has 0 amide bonds. The molecule has 1 saturated heterocycles. The van der Waals surface area contributed by atoms with Crippen LogP contribution in [-0.4, -0.2) is 17.0 Å².